The van der Waals surface area contributed by atoms with Gasteiger partial charge in [-0.2, -0.15) is 0 Å². The van der Waals surface area contributed by atoms with Gasteiger partial charge in [-0.25, -0.2) is 9.37 Å². The molecule has 1 atom stereocenters. The van der Waals surface area contributed by atoms with Crippen LogP contribution in [0.1, 0.15) is 24.5 Å². The quantitative estimate of drug-likeness (QED) is 0.713. The van der Waals surface area contributed by atoms with Gasteiger partial charge < -0.3 is 15.0 Å². The third-order valence-corrected chi connectivity index (χ3v) is 5.58. The number of benzene rings is 1. The number of carbonyl (C=O) groups excluding carboxylic acids is 1. The summed E-state index contributed by atoms with van der Waals surface area (Å²) in [5.41, 5.74) is 3.62. The van der Waals surface area contributed by atoms with Gasteiger partial charge in [0.2, 0.25) is 11.9 Å². The predicted molar refractivity (Wildman–Crippen MR) is 109 cm³/mol. The summed E-state index contributed by atoms with van der Waals surface area (Å²) in [6.07, 6.45) is 6.75. The Morgan fingerprint density at radius 3 is 3.10 bits per heavy atom. The minimum absolute atomic E-state index is 0.0784. The number of carbonyl (C=O) groups is 1. The molecule has 1 amide bonds. The second kappa shape index (κ2) is 7.40. The summed E-state index contributed by atoms with van der Waals surface area (Å²) in [6, 6.07) is 4.59. The van der Waals surface area contributed by atoms with Crippen LogP contribution < -0.4 is 10.1 Å². The number of rotatable bonds is 4. The summed E-state index contributed by atoms with van der Waals surface area (Å²) in [5, 5.41) is 11.6. The van der Waals surface area contributed by atoms with Crippen LogP contribution in [-0.4, -0.2) is 56.1 Å². The SMILES string of the molecule is CC(=O)N1CC=C(c2cnc(NCC3Cc4cc(F)ccc4O3)n3cnnc23)CC1. The van der Waals surface area contributed by atoms with Crippen LogP contribution in [0.2, 0.25) is 0 Å². The first-order valence-electron chi connectivity index (χ1n) is 9.91. The summed E-state index contributed by atoms with van der Waals surface area (Å²) < 4.78 is 21.1. The molecule has 30 heavy (non-hydrogen) atoms. The van der Waals surface area contributed by atoms with E-state index in [9.17, 15) is 9.18 Å². The molecule has 0 aliphatic carbocycles. The van der Waals surface area contributed by atoms with Crippen LogP contribution in [-0.2, 0) is 11.2 Å². The molecule has 2 aliphatic heterocycles. The lowest BCUT2D eigenvalue weighted by Crippen LogP contribution is -2.32. The molecule has 1 aromatic carbocycles. The fraction of sp³-hybridized carbons (Fsp3) is 0.333. The first-order valence-corrected chi connectivity index (χ1v) is 9.91. The van der Waals surface area contributed by atoms with Gasteiger partial charge in [-0.15, -0.1) is 10.2 Å². The highest BCUT2D eigenvalue weighted by Crippen LogP contribution is 2.30. The van der Waals surface area contributed by atoms with E-state index in [4.69, 9.17) is 4.74 Å². The molecule has 154 valence electrons. The van der Waals surface area contributed by atoms with Crippen molar-refractivity contribution in [2.24, 2.45) is 0 Å². The zero-order valence-electron chi connectivity index (χ0n) is 16.5. The van der Waals surface area contributed by atoms with Crippen LogP contribution in [0.25, 0.3) is 11.2 Å². The number of halogens is 1. The molecule has 0 bridgehead atoms. The third-order valence-electron chi connectivity index (χ3n) is 5.58. The molecule has 5 rings (SSSR count). The standard InChI is InChI=1S/C21H21FN6O2/c1-13(29)27-6-4-14(5-7-27)18-11-24-21(28-12-25-26-20(18)28)23-10-17-9-15-8-16(22)2-3-19(15)30-17/h2-4,8,11-12,17H,5-7,9-10H2,1H3,(H,23,24). The Kier molecular flexibility index (Phi) is 4.57. The van der Waals surface area contributed by atoms with E-state index >= 15 is 0 Å². The van der Waals surface area contributed by atoms with Crippen LogP contribution in [0.5, 0.6) is 5.75 Å². The van der Waals surface area contributed by atoms with E-state index in [1.54, 1.807) is 30.4 Å². The van der Waals surface area contributed by atoms with Crippen molar-refractivity contribution in [3.63, 3.8) is 0 Å². The van der Waals surface area contributed by atoms with Gasteiger partial charge in [0.05, 0.1) is 6.54 Å². The van der Waals surface area contributed by atoms with E-state index in [1.165, 1.54) is 12.1 Å². The first kappa shape index (κ1) is 18.5. The number of hydrogen-bond acceptors (Lipinski definition) is 6. The number of nitrogens with zero attached hydrogens (tertiary/aromatic N) is 5. The molecule has 4 heterocycles. The average Bonchev–Trinajstić information content (AvgIpc) is 3.39. The minimum Gasteiger partial charge on any atom is -0.488 e. The number of hydrogen-bond donors (Lipinski definition) is 1. The van der Waals surface area contributed by atoms with E-state index in [1.807, 2.05) is 10.5 Å². The topological polar surface area (TPSA) is 84.7 Å². The van der Waals surface area contributed by atoms with Gasteiger partial charge in [-0.3, -0.25) is 9.20 Å². The van der Waals surface area contributed by atoms with Crippen molar-refractivity contribution < 1.29 is 13.9 Å². The van der Waals surface area contributed by atoms with Crippen molar-refractivity contribution in [3.05, 3.63) is 53.7 Å². The predicted octanol–water partition coefficient (Wildman–Crippen LogP) is 2.31. The van der Waals surface area contributed by atoms with Crippen molar-refractivity contribution in [1.82, 2.24) is 24.5 Å². The zero-order valence-corrected chi connectivity index (χ0v) is 16.5. The summed E-state index contributed by atoms with van der Waals surface area (Å²) in [7, 11) is 0. The van der Waals surface area contributed by atoms with Gasteiger partial charge in [0.25, 0.3) is 0 Å². The fourth-order valence-corrected chi connectivity index (χ4v) is 3.98. The smallest absolute Gasteiger partial charge is 0.219 e. The molecule has 0 saturated carbocycles. The summed E-state index contributed by atoms with van der Waals surface area (Å²) in [4.78, 5) is 17.9. The lowest BCUT2D eigenvalue weighted by Gasteiger charge is -2.25. The Bertz CT molecular complexity index is 1160. The van der Waals surface area contributed by atoms with Crippen LogP contribution >= 0.6 is 0 Å². The van der Waals surface area contributed by atoms with Crippen molar-refractivity contribution >= 4 is 23.1 Å². The zero-order chi connectivity index (χ0) is 20.7. The highest BCUT2D eigenvalue weighted by atomic mass is 19.1. The highest BCUT2D eigenvalue weighted by molar-refractivity contribution is 5.79. The molecule has 0 spiro atoms. The van der Waals surface area contributed by atoms with Gasteiger partial charge in [0, 0.05) is 43.8 Å². The molecule has 1 unspecified atom stereocenters. The van der Waals surface area contributed by atoms with Gasteiger partial charge in [0.15, 0.2) is 5.65 Å². The Morgan fingerprint density at radius 2 is 2.30 bits per heavy atom. The summed E-state index contributed by atoms with van der Waals surface area (Å²) in [5.74, 6) is 1.17. The normalized spacial score (nSPS) is 18.1. The third kappa shape index (κ3) is 3.36. The maximum absolute atomic E-state index is 13.4. The van der Waals surface area contributed by atoms with Crippen molar-refractivity contribution in [2.75, 3.05) is 25.0 Å². The number of anilines is 1. The molecule has 1 N–H and O–H groups in total. The second-order valence-corrected chi connectivity index (χ2v) is 7.54. The molecule has 3 aromatic rings. The number of amides is 1. The minimum atomic E-state index is -0.252. The van der Waals surface area contributed by atoms with E-state index in [2.05, 4.69) is 20.5 Å². The van der Waals surface area contributed by atoms with Crippen LogP contribution in [0.4, 0.5) is 10.3 Å². The monoisotopic (exact) mass is 408 g/mol. The van der Waals surface area contributed by atoms with Crippen LogP contribution in [0.3, 0.4) is 0 Å². The lowest BCUT2D eigenvalue weighted by molar-refractivity contribution is -0.128. The molecule has 2 aromatic heterocycles. The summed E-state index contributed by atoms with van der Waals surface area (Å²) >= 11 is 0. The first-order chi connectivity index (χ1) is 14.6. The van der Waals surface area contributed by atoms with Crippen molar-refractivity contribution in [3.8, 4) is 5.75 Å². The molecular formula is C21H21FN6O2. The van der Waals surface area contributed by atoms with Crippen molar-refractivity contribution in [1.29, 1.82) is 0 Å². The summed E-state index contributed by atoms with van der Waals surface area (Å²) in [6.45, 7) is 3.37. The van der Waals surface area contributed by atoms with E-state index < -0.39 is 0 Å². The maximum Gasteiger partial charge on any atom is 0.219 e. The maximum atomic E-state index is 13.4. The fourth-order valence-electron chi connectivity index (χ4n) is 3.98. The molecule has 0 saturated heterocycles. The molecule has 9 heteroatoms. The van der Waals surface area contributed by atoms with Gasteiger partial charge in [-0.1, -0.05) is 6.08 Å². The molecular weight excluding hydrogens is 387 g/mol. The Labute approximate surface area is 172 Å². The van der Waals surface area contributed by atoms with E-state index in [0.29, 0.717) is 37.7 Å². The number of aromatic nitrogens is 4. The van der Waals surface area contributed by atoms with Gasteiger partial charge in [0.1, 0.15) is 24.0 Å². The lowest BCUT2D eigenvalue weighted by atomic mass is 10.0. The average molecular weight is 408 g/mol. The number of ether oxygens (including phenoxy) is 1. The molecule has 0 fully saturated rings. The van der Waals surface area contributed by atoms with Crippen LogP contribution in [0, 0.1) is 5.82 Å². The molecule has 0 radical (unpaired) electrons. The Hall–Kier alpha value is -3.49. The van der Waals surface area contributed by atoms with Crippen LogP contribution in [0.15, 0.2) is 36.8 Å². The number of nitrogens with one attached hydrogen (secondary N) is 1. The Morgan fingerprint density at radius 1 is 1.40 bits per heavy atom. The van der Waals surface area contributed by atoms with Gasteiger partial charge >= 0.3 is 0 Å². The van der Waals surface area contributed by atoms with E-state index in [0.717, 1.165) is 28.9 Å². The molecule has 8 nitrogen and oxygen atoms in total. The van der Waals surface area contributed by atoms with Crippen molar-refractivity contribution in [2.45, 2.75) is 25.9 Å². The highest BCUT2D eigenvalue weighted by Gasteiger charge is 2.24. The Balaban J connectivity index is 1.32. The number of fused-ring (bicyclic) bond motifs is 2. The van der Waals surface area contributed by atoms with E-state index in [-0.39, 0.29) is 17.8 Å². The van der Waals surface area contributed by atoms with Gasteiger partial charge in [-0.05, 0) is 30.2 Å². The second-order valence-electron chi connectivity index (χ2n) is 7.54. The molecule has 2 aliphatic rings. The largest absolute Gasteiger partial charge is 0.488 e.